The summed E-state index contributed by atoms with van der Waals surface area (Å²) in [5.74, 6) is 0.483. The lowest BCUT2D eigenvalue weighted by atomic mass is 10.2. The van der Waals surface area contributed by atoms with Gasteiger partial charge < -0.3 is 20.9 Å². The summed E-state index contributed by atoms with van der Waals surface area (Å²) < 4.78 is 5.45. The zero-order chi connectivity index (χ0) is 15.9. The first-order chi connectivity index (χ1) is 10.6. The molecule has 1 aromatic carbocycles. The van der Waals surface area contributed by atoms with Gasteiger partial charge in [-0.3, -0.25) is 4.79 Å². The molecule has 1 aromatic heterocycles. The number of hydrogen-bond acceptors (Lipinski definition) is 5. The molecule has 0 aliphatic rings. The van der Waals surface area contributed by atoms with E-state index in [0.29, 0.717) is 17.1 Å². The molecule has 0 bridgehead atoms. The van der Waals surface area contributed by atoms with Crippen LogP contribution in [0.4, 0.5) is 5.82 Å². The van der Waals surface area contributed by atoms with Crippen molar-refractivity contribution in [1.29, 1.82) is 0 Å². The van der Waals surface area contributed by atoms with Gasteiger partial charge in [-0.25, -0.2) is 4.98 Å². The van der Waals surface area contributed by atoms with Gasteiger partial charge in [0, 0.05) is 18.3 Å². The fraction of sp³-hybridized carbons (Fsp3) is 0.250. The van der Waals surface area contributed by atoms with Crippen LogP contribution in [0.3, 0.4) is 0 Å². The van der Waals surface area contributed by atoms with E-state index in [2.05, 4.69) is 10.3 Å². The minimum absolute atomic E-state index is 0.112. The van der Waals surface area contributed by atoms with Gasteiger partial charge in [-0.15, -0.1) is 0 Å². The number of aromatic nitrogens is 1. The minimum atomic E-state index is -1.25. The molecule has 6 nitrogen and oxygen atoms in total. The lowest BCUT2D eigenvalue weighted by Gasteiger charge is -2.14. The second-order valence-corrected chi connectivity index (χ2v) is 4.86. The molecule has 6 heteroatoms. The summed E-state index contributed by atoms with van der Waals surface area (Å²) in [5, 5.41) is 12.4. The first-order valence-electron chi connectivity index (χ1n) is 6.91. The molecule has 0 aliphatic carbocycles. The molecule has 0 spiro atoms. The zero-order valence-electron chi connectivity index (χ0n) is 12.3. The zero-order valence-corrected chi connectivity index (χ0v) is 12.3. The maximum absolute atomic E-state index is 11.8. The molecule has 2 rings (SSSR count). The highest BCUT2D eigenvalue weighted by Gasteiger charge is 2.16. The average molecular weight is 301 g/mol. The third kappa shape index (κ3) is 4.20. The van der Waals surface area contributed by atoms with Crippen molar-refractivity contribution >= 4 is 11.7 Å². The highest BCUT2D eigenvalue weighted by molar-refractivity contribution is 5.80. The molecule has 0 radical (unpaired) electrons. The van der Waals surface area contributed by atoms with E-state index in [4.69, 9.17) is 10.5 Å². The van der Waals surface area contributed by atoms with E-state index >= 15 is 0 Å². The third-order valence-corrected chi connectivity index (χ3v) is 3.17. The first-order valence-corrected chi connectivity index (χ1v) is 6.91. The predicted molar refractivity (Wildman–Crippen MR) is 83.2 cm³/mol. The number of nitrogens with one attached hydrogen (secondary N) is 1. The number of nitrogen functional groups attached to an aromatic ring is 1. The molecule has 1 amide bonds. The van der Waals surface area contributed by atoms with E-state index in [1.54, 1.807) is 24.4 Å². The number of rotatable bonds is 6. The maximum atomic E-state index is 11.8. The number of amides is 1. The Morgan fingerprint density at radius 2 is 2.14 bits per heavy atom. The van der Waals surface area contributed by atoms with Crippen LogP contribution < -0.4 is 15.8 Å². The number of ether oxygens (including phenoxy) is 1. The summed E-state index contributed by atoms with van der Waals surface area (Å²) in [4.78, 5) is 15.8. The van der Waals surface area contributed by atoms with E-state index in [1.807, 2.05) is 25.1 Å². The average Bonchev–Trinajstić information content (AvgIpc) is 2.52. The van der Waals surface area contributed by atoms with Crippen LogP contribution >= 0.6 is 0 Å². The molecule has 4 N–H and O–H groups in total. The van der Waals surface area contributed by atoms with E-state index in [9.17, 15) is 9.90 Å². The number of anilines is 1. The van der Waals surface area contributed by atoms with Crippen molar-refractivity contribution < 1.29 is 14.6 Å². The lowest BCUT2D eigenvalue weighted by Crippen LogP contribution is -2.38. The highest BCUT2D eigenvalue weighted by Crippen LogP contribution is 2.16. The SMILES string of the molecule is Cc1ccccc1OC[C@H](O)C(=O)NCc1cccnc1N. The van der Waals surface area contributed by atoms with Gasteiger partial charge in [0.15, 0.2) is 6.10 Å². The van der Waals surface area contributed by atoms with Crippen molar-refractivity contribution in [2.75, 3.05) is 12.3 Å². The molecule has 1 heterocycles. The Morgan fingerprint density at radius 1 is 1.36 bits per heavy atom. The monoisotopic (exact) mass is 301 g/mol. The molecular weight excluding hydrogens is 282 g/mol. The smallest absolute Gasteiger partial charge is 0.252 e. The molecular formula is C16H19N3O3. The van der Waals surface area contributed by atoms with Crippen LogP contribution in [0.25, 0.3) is 0 Å². The van der Waals surface area contributed by atoms with E-state index in [0.717, 1.165) is 5.56 Å². The second kappa shape index (κ2) is 7.42. The Bertz CT molecular complexity index is 646. The van der Waals surface area contributed by atoms with Gasteiger partial charge in [-0.05, 0) is 24.6 Å². The summed E-state index contributed by atoms with van der Waals surface area (Å²) >= 11 is 0. The van der Waals surface area contributed by atoms with E-state index in [-0.39, 0.29) is 13.2 Å². The molecule has 0 fully saturated rings. The quantitative estimate of drug-likeness (QED) is 0.740. The highest BCUT2D eigenvalue weighted by atomic mass is 16.5. The van der Waals surface area contributed by atoms with Gasteiger partial charge in [0.05, 0.1) is 0 Å². The summed E-state index contributed by atoms with van der Waals surface area (Å²) in [7, 11) is 0. The van der Waals surface area contributed by atoms with Crippen molar-refractivity contribution in [3.63, 3.8) is 0 Å². The number of pyridine rings is 1. The molecule has 116 valence electrons. The molecule has 2 aromatic rings. The van der Waals surface area contributed by atoms with Crippen molar-refractivity contribution in [2.24, 2.45) is 0 Å². The van der Waals surface area contributed by atoms with Crippen LogP contribution in [0.5, 0.6) is 5.75 Å². The van der Waals surface area contributed by atoms with Crippen molar-refractivity contribution in [1.82, 2.24) is 10.3 Å². The summed E-state index contributed by atoms with van der Waals surface area (Å²) in [6.07, 6.45) is 0.323. The normalized spacial score (nSPS) is 11.7. The fourth-order valence-electron chi connectivity index (χ4n) is 1.86. The molecule has 0 saturated carbocycles. The number of benzene rings is 1. The Balaban J connectivity index is 1.82. The van der Waals surface area contributed by atoms with Crippen LogP contribution in [0.15, 0.2) is 42.6 Å². The number of aliphatic hydroxyl groups is 1. The van der Waals surface area contributed by atoms with E-state index in [1.165, 1.54) is 0 Å². The number of carbonyl (C=O) groups is 1. The molecule has 1 atom stereocenters. The number of aryl methyl sites for hydroxylation is 1. The number of hydrogen-bond donors (Lipinski definition) is 3. The van der Waals surface area contributed by atoms with Gasteiger partial charge in [0.2, 0.25) is 0 Å². The Kier molecular flexibility index (Phi) is 5.32. The third-order valence-electron chi connectivity index (χ3n) is 3.17. The van der Waals surface area contributed by atoms with E-state index < -0.39 is 12.0 Å². The van der Waals surface area contributed by atoms with Crippen LogP contribution in [-0.2, 0) is 11.3 Å². The fourth-order valence-corrected chi connectivity index (χ4v) is 1.86. The summed E-state index contributed by atoms with van der Waals surface area (Å²) in [6, 6.07) is 10.9. The topological polar surface area (TPSA) is 97.5 Å². The first kappa shape index (κ1) is 15.8. The molecule has 0 aliphatic heterocycles. The second-order valence-electron chi connectivity index (χ2n) is 4.86. The largest absolute Gasteiger partial charge is 0.490 e. The molecule has 0 saturated heterocycles. The molecule has 22 heavy (non-hydrogen) atoms. The summed E-state index contributed by atoms with van der Waals surface area (Å²) in [5.41, 5.74) is 7.32. The van der Waals surface area contributed by atoms with Crippen molar-refractivity contribution in [2.45, 2.75) is 19.6 Å². The Labute approximate surface area is 128 Å². The predicted octanol–water partition coefficient (Wildman–Crippen LogP) is 1.03. The van der Waals surface area contributed by atoms with Gasteiger partial charge in [-0.2, -0.15) is 0 Å². The van der Waals surface area contributed by atoms with Crippen LogP contribution in [-0.4, -0.2) is 28.7 Å². The lowest BCUT2D eigenvalue weighted by molar-refractivity contribution is -0.130. The maximum Gasteiger partial charge on any atom is 0.252 e. The number of carbonyl (C=O) groups excluding carboxylic acids is 1. The van der Waals surface area contributed by atoms with Gasteiger partial charge in [0.1, 0.15) is 18.2 Å². The van der Waals surface area contributed by atoms with Crippen molar-refractivity contribution in [3.05, 3.63) is 53.7 Å². The van der Waals surface area contributed by atoms with Gasteiger partial charge in [0.25, 0.3) is 5.91 Å². The molecule has 0 unspecified atom stereocenters. The summed E-state index contributed by atoms with van der Waals surface area (Å²) in [6.45, 7) is 1.99. The minimum Gasteiger partial charge on any atom is -0.490 e. The number of nitrogens with two attached hydrogens (primary N) is 1. The van der Waals surface area contributed by atoms with Crippen molar-refractivity contribution in [3.8, 4) is 5.75 Å². The van der Waals surface area contributed by atoms with Crippen LogP contribution in [0.1, 0.15) is 11.1 Å². The number of para-hydroxylation sites is 1. The van der Waals surface area contributed by atoms with Gasteiger partial charge in [-0.1, -0.05) is 24.3 Å². The van der Waals surface area contributed by atoms with Crippen LogP contribution in [0, 0.1) is 6.92 Å². The Hall–Kier alpha value is -2.60. The number of nitrogens with zero attached hydrogens (tertiary/aromatic N) is 1. The number of aliphatic hydroxyl groups excluding tert-OH is 1. The standard InChI is InChI=1S/C16H19N3O3/c1-11-5-2-3-7-14(11)22-10-13(20)16(21)19-9-12-6-4-8-18-15(12)17/h2-8,13,20H,9-10H2,1H3,(H2,17,18)(H,19,21)/t13-/m0/s1. The van der Waals surface area contributed by atoms with Crippen LogP contribution in [0.2, 0.25) is 0 Å². The Morgan fingerprint density at radius 3 is 2.86 bits per heavy atom. The van der Waals surface area contributed by atoms with Gasteiger partial charge >= 0.3 is 0 Å².